The van der Waals surface area contributed by atoms with Gasteiger partial charge in [0.25, 0.3) is 0 Å². The Kier molecular flexibility index (Phi) is 4.95. The topological polar surface area (TPSA) is 145 Å². The van der Waals surface area contributed by atoms with Crippen LogP contribution in [0.3, 0.4) is 0 Å². The molecule has 1 aliphatic rings. The van der Waals surface area contributed by atoms with Crippen LogP contribution < -0.4 is 16.2 Å². The molecule has 0 radical (unpaired) electrons. The average Bonchev–Trinajstić information content (AvgIpc) is 3.29. The molecule has 0 spiro atoms. The van der Waals surface area contributed by atoms with E-state index in [1.807, 2.05) is 43.3 Å². The highest BCUT2D eigenvalue weighted by atomic mass is 79.9. The van der Waals surface area contributed by atoms with Gasteiger partial charge in [-0.05, 0) is 52.7 Å². The molecule has 0 aliphatic heterocycles. The van der Waals surface area contributed by atoms with Crippen LogP contribution in [-0.2, 0) is 0 Å². The highest BCUT2D eigenvalue weighted by Gasteiger charge is 2.51. The molecule has 3 heterocycles. The van der Waals surface area contributed by atoms with Crippen LogP contribution in [0.1, 0.15) is 25.0 Å². The molecule has 4 aromatic rings. The number of halogens is 1. The Balaban J connectivity index is 1.38. The van der Waals surface area contributed by atoms with Crippen LogP contribution in [0.4, 0.5) is 11.6 Å². The van der Waals surface area contributed by atoms with Crippen molar-refractivity contribution in [2.45, 2.75) is 31.5 Å². The first-order chi connectivity index (χ1) is 15.3. The number of aromatic nitrogens is 4. The summed E-state index contributed by atoms with van der Waals surface area (Å²) in [4.78, 5) is 8.38. The Labute approximate surface area is 192 Å². The third-order valence-electron chi connectivity index (χ3n) is 6.37. The lowest BCUT2D eigenvalue weighted by atomic mass is 9.86. The normalized spacial score (nSPS) is 25.6. The molecule has 5 rings (SSSR count). The lowest BCUT2D eigenvalue weighted by Gasteiger charge is -2.28. The van der Waals surface area contributed by atoms with Crippen molar-refractivity contribution in [2.75, 3.05) is 18.1 Å². The molecule has 6 N–H and O–H groups in total. The molecule has 1 saturated carbocycles. The van der Waals surface area contributed by atoms with Crippen molar-refractivity contribution in [3.8, 4) is 5.75 Å². The molecule has 1 aliphatic carbocycles. The maximum atomic E-state index is 10.9. The van der Waals surface area contributed by atoms with E-state index in [0.717, 1.165) is 21.1 Å². The molecule has 3 aromatic heterocycles. The van der Waals surface area contributed by atoms with Crippen molar-refractivity contribution in [3.63, 3.8) is 0 Å². The number of hydrogen-bond donors (Lipinski definition) is 4. The Hall–Kier alpha value is -2.95. The molecule has 10 heteroatoms. The predicted molar refractivity (Wildman–Crippen MR) is 124 cm³/mol. The van der Waals surface area contributed by atoms with Gasteiger partial charge in [-0.2, -0.15) is 5.10 Å². The molecular formula is C22H23BrN6O3. The number of nitrogen functional groups attached to an aromatic ring is 2. The van der Waals surface area contributed by atoms with E-state index in [2.05, 4.69) is 31.0 Å². The number of ether oxygens (including phenoxy) is 1. The third kappa shape index (κ3) is 3.35. The number of aliphatic hydroxyl groups is 2. The Morgan fingerprint density at radius 2 is 2.00 bits per heavy atom. The fourth-order valence-corrected chi connectivity index (χ4v) is 4.86. The van der Waals surface area contributed by atoms with Crippen molar-refractivity contribution in [2.24, 2.45) is 5.41 Å². The zero-order valence-corrected chi connectivity index (χ0v) is 18.9. The van der Waals surface area contributed by atoms with E-state index < -0.39 is 17.6 Å². The zero-order valence-electron chi connectivity index (χ0n) is 17.3. The largest absolute Gasteiger partial charge is 0.493 e. The molecule has 0 amide bonds. The van der Waals surface area contributed by atoms with Crippen LogP contribution in [0, 0.1) is 5.41 Å². The first-order valence-electron chi connectivity index (χ1n) is 10.2. The Bertz CT molecular complexity index is 1330. The van der Waals surface area contributed by atoms with Crippen molar-refractivity contribution >= 4 is 44.0 Å². The van der Waals surface area contributed by atoms with E-state index in [1.165, 1.54) is 6.33 Å². The molecule has 32 heavy (non-hydrogen) atoms. The second-order valence-corrected chi connectivity index (χ2v) is 9.45. The third-order valence-corrected chi connectivity index (χ3v) is 7.00. The fraction of sp³-hybridized carbons (Fsp3) is 0.318. The summed E-state index contributed by atoms with van der Waals surface area (Å²) in [5.74, 6) is 1.06. The van der Waals surface area contributed by atoms with Gasteiger partial charge >= 0.3 is 0 Å². The molecule has 1 aromatic carbocycles. The van der Waals surface area contributed by atoms with E-state index in [1.54, 1.807) is 4.52 Å². The minimum atomic E-state index is -0.970. The van der Waals surface area contributed by atoms with Gasteiger partial charge in [-0.15, -0.1) is 0 Å². The van der Waals surface area contributed by atoms with Gasteiger partial charge in [-0.25, -0.2) is 14.5 Å². The summed E-state index contributed by atoms with van der Waals surface area (Å²) in [6, 6.07) is 11.2. The first-order valence-corrected chi connectivity index (χ1v) is 11.0. The number of rotatable bonds is 4. The van der Waals surface area contributed by atoms with Crippen LogP contribution in [0.5, 0.6) is 5.75 Å². The summed E-state index contributed by atoms with van der Waals surface area (Å²) in [5.41, 5.74) is 13.3. The summed E-state index contributed by atoms with van der Waals surface area (Å²) in [6.45, 7) is 2.13. The van der Waals surface area contributed by atoms with E-state index in [9.17, 15) is 10.2 Å². The molecule has 4 atom stereocenters. The standard InChI is InChI=1S/C22H23BrN6O3/c1-22(9-32-12-3-2-11-6-14(23)20(24)28-15(11)7-12)8-13(18(30)19(22)31)16-4-5-17-21(25)26-10-27-29(16)17/h2-7,10,13,18-19,30-31H,8-9H2,1H3,(H2,24,28)(H2,25,26,27)/t13-,18-,19-,22+/m0/s1. The van der Waals surface area contributed by atoms with E-state index in [4.69, 9.17) is 16.2 Å². The molecule has 9 nitrogen and oxygen atoms in total. The summed E-state index contributed by atoms with van der Waals surface area (Å²) in [7, 11) is 0. The van der Waals surface area contributed by atoms with Crippen LogP contribution in [0.15, 0.2) is 47.2 Å². The van der Waals surface area contributed by atoms with Gasteiger partial charge in [-0.1, -0.05) is 6.92 Å². The molecule has 0 unspecified atom stereocenters. The smallest absolute Gasteiger partial charge is 0.151 e. The molecular weight excluding hydrogens is 476 g/mol. The monoisotopic (exact) mass is 498 g/mol. The van der Waals surface area contributed by atoms with E-state index in [-0.39, 0.29) is 12.5 Å². The van der Waals surface area contributed by atoms with Crippen molar-refractivity contribution in [1.82, 2.24) is 19.6 Å². The minimum absolute atomic E-state index is 0.222. The van der Waals surface area contributed by atoms with Crippen molar-refractivity contribution in [1.29, 1.82) is 0 Å². The van der Waals surface area contributed by atoms with Gasteiger partial charge in [0.1, 0.15) is 23.4 Å². The zero-order chi connectivity index (χ0) is 22.6. The SMILES string of the molecule is C[C@]1(COc2ccc3cc(Br)c(N)nc3c2)C[C@@H](c2ccc3c(N)ncnn23)[C@H](O)[C@@H]1O. The Morgan fingerprint density at radius 1 is 1.19 bits per heavy atom. The van der Waals surface area contributed by atoms with Crippen LogP contribution in [0.25, 0.3) is 16.4 Å². The Morgan fingerprint density at radius 3 is 2.81 bits per heavy atom. The van der Waals surface area contributed by atoms with Crippen molar-refractivity contribution < 1.29 is 14.9 Å². The highest BCUT2D eigenvalue weighted by Crippen LogP contribution is 2.47. The molecule has 0 saturated heterocycles. The number of nitrogens with two attached hydrogens (primary N) is 2. The summed E-state index contributed by atoms with van der Waals surface area (Å²) in [5, 5.41) is 27.0. The van der Waals surface area contributed by atoms with Gasteiger partial charge in [0.15, 0.2) is 5.82 Å². The second kappa shape index (κ2) is 7.58. The molecule has 0 bridgehead atoms. The van der Waals surface area contributed by atoms with Gasteiger partial charge in [0, 0.05) is 28.5 Å². The van der Waals surface area contributed by atoms with Crippen LogP contribution in [-0.4, -0.2) is 48.6 Å². The van der Waals surface area contributed by atoms with Gasteiger partial charge < -0.3 is 26.4 Å². The highest BCUT2D eigenvalue weighted by molar-refractivity contribution is 9.10. The van der Waals surface area contributed by atoms with Crippen LogP contribution >= 0.6 is 15.9 Å². The van der Waals surface area contributed by atoms with Gasteiger partial charge in [-0.3, -0.25) is 0 Å². The van der Waals surface area contributed by atoms with Gasteiger partial charge in [0.05, 0.1) is 28.8 Å². The first kappa shape index (κ1) is 20.9. The number of fused-ring (bicyclic) bond motifs is 2. The number of nitrogens with zero attached hydrogens (tertiary/aromatic N) is 4. The predicted octanol–water partition coefficient (Wildman–Crippen LogP) is 2.50. The maximum Gasteiger partial charge on any atom is 0.151 e. The van der Waals surface area contributed by atoms with Gasteiger partial charge in [0.2, 0.25) is 0 Å². The number of benzene rings is 1. The number of aliphatic hydroxyl groups excluding tert-OH is 2. The molecule has 166 valence electrons. The van der Waals surface area contributed by atoms with Crippen molar-refractivity contribution in [3.05, 3.63) is 52.9 Å². The maximum absolute atomic E-state index is 10.9. The number of hydrogen-bond acceptors (Lipinski definition) is 8. The lowest BCUT2D eigenvalue weighted by molar-refractivity contribution is -0.0338. The summed E-state index contributed by atoms with van der Waals surface area (Å²) < 4.78 is 8.46. The molecule has 1 fully saturated rings. The summed E-state index contributed by atoms with van der Waals surface area (Å²) in [6.07, 6.45) is -0.0436. The fourth-order valence-electron chi connectivity index (χ4n) is 4.53. The quantitative estimate of drug-likeness (QED) is 0.335. The summed E-state index contributed by atoms with van der Waals surface area (Å²) >= 11 is 3.38. The lowest BCUT2D eigenvalue weighted by Crippen LogP contribution is -2.38. The minimum Gasteiger partial charge on any atom is -0.493 e. The van der Waals surface area contributed by atoms with Crippen LogP contribution in [0.2, 0.25) is 0 Å². The average molecular weight is 499 g/mol. The second-order valence-electron chi connectivity index (χ2n) is 8.60. The van der Waals surface area contributed by atoms with E-state index >= 15 is 0 Å². The van der Waals surface area contributed by atoms with E-state index in [0.29, 0.717) is 29.3 Å². The number of anilines is 2. The number of pyridine rings is 1.